The van der Waals surface area contributed by atoms with Crippen LogP contribution in [0.2, 0.25) is 19.6 Å². The van der Waals surface area contributed by atoms with Crippen LogP contribution in [0.5, 0.6) is 0 Å². The Hall–Kier alpha value is -1.61. The van der Waals surface area contributed by atoms with Crippen LogP contribution in [0, 0.1) is 0 Å². The van der Waals surface area contributed by atoms with Gasteiger partial charge in [0.25, 0.3) is 5.91 Å². The van der Waals surface area contributed by atoms with Crippen LogP contribution in [0.3, 0.4) is 0 Å². The van der Waals surface area contributed by atoms with Crippen LogP contribution in [0.15, 0.2) is 30.3 Å². The fourth-order valence-electron chi connectivity index (χ4n) is 4.50. The van der Waals surface area contributed by atoms with Gasteiger partial charge in [-0.15, -0.1) is 0 Å². The minimum Gasteiger partial charge on any atom is -0.331 e. The third-order valence-electron chi connectivity index (χ3n) is 5.78. The lowest BCUT2D eigenvalue weighted by Crippen LogP contribution is -2.43. The number of benzene rings is 2. The van der Waals surface area contributed by atoms with Gasteiger partial charge in [-0.3, -0.25) is 4.79 Å². The molecule has 126 valence electrons. The van der Waals surface area contributed by atoms with Gasteiger partial charge in [0.15, 0.2) is 0 Å². The molecule has 1 aliphatic carbocycles. The van der Waals surface area contributed by atoms with E-state index in [1.165, 1.54) is 53.6 Å². The van der Waals surface area contributed by atoms with Crippen LogP contribution in [0.4, 0.5) is 0 Å². The van der Waals surface area contributed by atoms with E-state index in [0.29, 0.717) is 11.9 Å². The Balaban J connectivity index is 1.88. The van der Waals surface area contributed by atoms with Crippen molar-refractivity contribution < 1.29 is 4.79 Å². The van der Waals surface area contributed by atoms with Gasteiger partial charge in [-0.1, -0.05) is 69.2 Å². The zero-order valence-electron chi connectivity index (χ0n) is 15.1. The van der Waals surface area contributed by atoms with Crippen molar-refractivity contribution in [3.63, 3.8) is 0 Å². The summed E-state index contributed by atoms with van der Waals surface area (Å²) >= 11 is 0. The molecule has 1 heterocycles. The van der Waals surface area contributed by atoms with E-state index in [1.807, 2.05) is 0 Å². The highest BCUT2D eigenvalue weighted by Gasteiger charge is 2.38. The lowest BCUT2D eigenvalue weighted by molar-refractivity contribution is 0.0661. The minimum atomic E-state index is -1.58. The van der Waals surface area contributed by atoms with Gasteiger partial charge in [-0.25, -0.2) is 0 Å². The highest BCUT2D eigenvalue weighted by molar-refractivity contribution is 6.89. The summed E-state index contributed by atoms with van der Waals surface area (Å²) in [5.41, 5.74) is 2.35. The average molecular weight is 338 g/mol. The lowest BCUT2D eigenvalue weighted by atomic mass is 9.94. The Morgan fingerprint density at radius 2 is 1.75 bits per heavy atom. The van der Waals surface area contributed by atoms with Crippen molar-refractivity contribution in [1.82, 2.24) is 4.90 Å². The SMILES string of the molecule is C[Si](C)(C)c1cc2ccccc2c2c1C(=O)N(C1CCCCC1)C2. The summed E-state index contributed by atoms with van der Waals surface area (Å²) in [5, 5.41) is 3.92. The molecule has 0 aromatic heterocycles. The first-order valence-electron chi connectivity index (χ1n) is 9.33. The van der Waals surface area contributed by atoms with Crippen molar-refractivity contribution in [3.8, 4) is 0 Å². The Labute approximate surface area is 145 Å². The molecule has 0 unspecified atom stereocenters. The predicted octanol–water partition coefficient (Wildman–Crippen LogP) is 4.67. The Kier molecular flexibility index (Phi) is 3.79. The standard InChI is InChI=1S/C21H27NOSi/c1-24(2,3)19-13-15-9-7-8-12-17(15)18-14-22(21(23)20(18)19)16-10-5-4-6-11-16/h7-9,12-13,16H,4-6,10-11,14H2,1-3H3. The molecule has 4 rings (SSSR count). The molecular weight excluding hydrogens is 310 g/mol. The fourth-order valence-corrected chi connectivity index (χ4v) is 6.09. The van der Waals surface area contributed by atoms with Crippen LogP contribution in [0.25, 0.3) is 10.8 Å². The zero-order chi connectivity index (χ0) is 16.9. The second-order valence-electron chi connectivity index (χ2n) is 8.47. The molecule has 2 aliphatic rings. The summed E-state index contributed by atoms with van der Waals surface area (Å²) in [5.74, 6) is 0.306. The molecule has 0 radical (unpaired) electrons. The lowest BCUT2D eigenvalue weighted by Gasteiger charge is -2.31. The van der Waals surface area contributed by atoms with Gasteiger partial charge < -0.3 is 4.90 Å². The van der Waals surface area contributed by atoms with Gasteiger partial charge in [0.2, 0.25) is 0 Å². The van der Waals surface area contributed by atoms with Crippen LogP contribution in [-0.2, 0) is 6.54 Å². The van der Waals surface area contributed by atoms with Crippen LogP contribution in [-0.4, -0.2) is 24.9 Å². The topological polar surface area (TPSA) is 20.3 Å². The van der Waals surface area contributed by atoms with Gasteiger partial charge >= 0.3 is 0 Å². The van der Waals surface area contributed by atoms with Gasteiger partial charge in [-0.05, 0) is 34.4 Å². The van der Waals surface area contributed by atoms with E-state index in [-0.39, 0.29) is 0 Å². The van der Waals surface area contributed by atoms with Crippen molar-refractivity contribution in [1.29, 1.82) is 0 Å². The number of nitrogens with zero attached hydrogens (tertiary/aromatic N) is 1. The summed E-state index contributed by atoms with van der Waals surface area (Å²) < 4.78 is 0. The van der Waals surface area contributed by atoms with Crippen molar-refractivity contribution in [2.45, 2.75) is 64.3 Å². The zero-order valence-corrected chi connectivity index (χ0v) is 16.1. The normalized spacial score (nSPS) is 19.1. The van der Waals surface area contributed by atoms with Gasteiger partial charge in [0.1, 0.15) is 0 Å². The van der Waals surface area contributed by atoms with E-state index >= 15 is 0 Å². The highest BCUT2D eigenvalue weighted by Crippen LogP contribution is 2.35. The Morgan fingerprint density at radius 1 is 1.04 bits per heavy atom. The Bertz CT molecular complexity index is 799. The molecule has 1 aliphatic heterocycles. The molecule has 0 atom stereocenters. The van der Waals surface area contributed by atoms with Crippen molar-refractivity contribution >= 4 is 29.9 Å². The maximum absolute atomic E-state index is 13.4. The van der Waals surface area contributed by atoms with E-state index in [2.05, 4.69) is 54.9 Å². The highest BCUT2D eigenvalue weighted by atomic mass is 28.3. The van der Waals surface area contributed by atoms with Crippen LogP contribution < -0.4 is 5.19 Å². The van der Waals surface area contributed by atoms with Crippen molar-refractivity contribution in [2.75, 3.05) is 0 Å². The number of fused-ring (bicyclic) bond motifs is 3. The number of rotatable bonds is 2. The summed E-state index contributed by atoms with van der Waals surface area (Å²) in [6, 6.07) is 11.4. The summed E-state index contributed by atoms with van der Waals surface area (Å²) in [6.07, 6.45) is 6.23. The van der Waals surface area contributed by atoms with Gasteiger partial charge in [0, 0.05) is 18.2 Å². The summed E-state index contributed by atoms with van der Waals surface area (Å²) in [6.45, 7) is 7.88. The minimum absolute atomic E-state index is 0.306. The first-order chi connectivity index (χ1) is 11.5. The van der Waals surface area contributed by atoms with E-state index < -0.39 is 8.07 Å². The molecular formula is C21H27NOSi. The number of carbonyl (C=O) groups is 1. The summed E-state index contributed by atoms with van der Waals surface area (Å²) in [7, 11) is -1.58. The van der Waals surface area contributed by atoms with E-state index in [4.69, 9.17) is 0 Å². The van der Waals surface area contributed by atoms with Crippen LogP contribution in [0.1, 0.15) is 48.0 Å². The number of amides is 1. The Morgan fingerprint density at radius 3 is 2.46 bits per heavy atom. The maximum Gasteiger partial charge on any atom is 0.254 e. The van der Waals surface area contributed by atoms with Crippen LogP contribution >= 0.6 is 0 Å². The maximum atomic E-state index is 13.4. The molecule has 0 saturated heterocycles. The fraction of sp³-hybridized carbons (Fsp3) is 0.476. The first kappa shape index (κ1) is 15.9. The molecule has 0 N–H and O–H groups in total. The van der Waals surface area contributed by atoms with E-state index in [0.717, 1.165) is 12.1 Å². The molecule has 2 aromatic carbocycles. The first-order valence-corrected chi connectivity index (χ1v) is 12.8. The van der Waals surface area contributed by atoms with Gasteiger partial charge in [0.05, 0.1) is 8.07 Å². The van der Waals surface area contributed by atoms with Gasteiger partial charge in [-0.2, -0.15) is 0 Å². The molecule has 24 heavy (non-hydrogen) atoms. The molecule has 3 heteroatoms. The molecule has 1 fully saturated rings. The number of hydrogen-bond donors (Lipinski definition) is 0. The molecule has 2 nitrogen and oxygen atoms in total. The van der Waals surface area contributed by atoms with Crippen molar-refractivity contribution in [2.24, 2.45) is 0 Å². The molecule has 0 bridgehead atoms. The molecule has 1 amide bonds. The van der Waals surface area contributed by atoms with E-state index in [1.54, 1.807) is 0 Å². The van der Waals surface area contributed by atoms with E-state index in [9.17, 15) is 4.79 Å². The molecule has 1 saturated carbocycles. The smallest absolute Gasteiger partial charge is 0.254 e. The van der Waals surface area contributed by atoms with Crippen molar-refractivity contribution in [3.05, 3.63) is 41.5 Å². The quantitative estimate of drug-likeness (QED) is 0.729. The monoisotopic (exact) mass is 337 g/mol. The average Bonchev–Trinajstić information content (AvgIpc) is 2.92. The molecule has 0 spiro atoms. The number of hydrogen-bond acceptors (Lipinski definition) is 1. The summed E-state index contributed by atoms with van der Waals surface area (Å²) in [4.78, 5) is 15.5. The second kappa shape index (κ2) is 5.73. The number of carbonyl (C=O) groups excluding carboxylic acids is 1. The second-order valence-corrected chi connectivity index (χ2v) is 13.5. The largest absolute Gasteiger partial charge is 0.331 e. The molecule has 2 aromatic rings. The third-order valence-corrected chi connectivity index (χ3v) is 7.79. The third kappa shape index (κ3) is 2.50. The predicted molar refractivity (Wildman–Crippen MR) is 104 cm³/mol.